The second-order valence-corrected chi connectivity index (χ2v) is 7.72. The van der Waals surface area contributed by atoms with Gasteiger partial charge in [0.25, 0.3) is 5.91 Å². The van der Waals surface area contributed by atoms with E-state index in [4.69, 9.17) is 5.11 Å². The van der Waals surface area contributed by atoms with Crippen LogP contribution in [0.2, 0.25) is 0 Å². The Hall–Kier alpha value is 0.120. The minimum absolute atomic E-state index is 0.0106. The van der Waals surface area contributed by atoms with E-state index in [9.17, 15) is 9.59 Å². The predicted molar refractivity (Wildman–Crippen MR) is 66.2 cm³/mol. The van der Waals surface area contributed by atoms with Crippen molar-refractivity contribution in [1.82, 2.24) is 4.90 Å². The Morgan fingerprint density at radius 2 is 1.93 bits per heavy atom. The van der Waals surface area contributed by atoms with E-state index in [1.807, 2.05) is 0 Å². The first kappa shape index (κ1) is 13.2. The first-order valence-corrected chi connectivity index (χ1v) is 6.47. The molecule has 0 aromatic rings. The van der Waals surface area contributed by atoms with Crippen molar-refractivity contribution in [2.75, 3.05) is 0 Å². The molecule has 84 valence electrons. The van der Waals surface area contributed by atoms with Gasteiger partial charge in [-0.2, -0.15) is 0 Å². The maximum absolute atomic E-state index is 11.6. The second kappa shape index (κ2) is 4.18. The monoisotopic (exact) mass is 403 g/mol. The van der Waals surface area contributed by atoms with Crippen LogP contribution in [0.1, 0.15) is 13.8 Å². The number of alkyl halides is 3. The lowest BCUT2D eigenvalue weighted by molar-refractivity contribution is -0.145. The van der Waals surface area contributed by atoms with E-state index >= 15 is 0 Å². The maximum atomic E-state index is 11.6. The highest BCUT2D eigenvalue weighted by Gasteiger charge is 2.59. The van der Waals surface area contributed by atoms with E-state index in [0.29, 0.717) is 5.57 Å². The summed E-state index contributed by atoms with van der Waals surface area (Å²) in [6, 6.07) is 0. The molecule has 1 amide bonds. The van der Waals surface area contributed by atoms with E-state index in [1.54, 1.807) is 13.8 Å². The Balaban J connectivity index is 3.08. The van der Waals surface area contributed by atoms with Crippen LogP contribution in [0.3, 0.4) is 0 Å². The summed E-state index contributed by atoms with van der Waals surface area (Å²) in [5, 5.41) is 8.98. The Kier molecular flexibility index (Phi) is 3.67. The Labute approximate surface area is 112 Å². The molecule has 0 radical (unpaired) electrons. The van der Waals surface area contributed by atoms with Crippen LogP contribution < -0.4 is 0 Å². The molecular formula is C8H8Br3NO3. The smallest absolute Gasteiger partial charge is 0.352 e. The normalized spacial score (nSPS) is 23.4. The van der Waals surface area contributed by atoms with Gasteiger partial charge in [-0.25, -0.2) is 4.79 Å². The third-order valence-corrected chi connectivity index (χ3v) is 5.82. The van der Waals surface area contributed by atoms with Gasteiger partial charge in [-0.05, 0) is 19.4 Å². The molecule has 1 N–H and O–H groups in total. The lowest BCUT2D eigenvalue weighted by Crippen LogP contribution is -2.65. The molecule has 0 spiro atoms. The highest BCUT2D eigenvalue weighted by Crippen LogP contribution is 2.49. The first-order chi connectivity index (χ1) is 6.71. The highest BCUT2D eigenvalue weighted by atomic mass is 79.9. The Morgan fingerprint density at radius 3 is 2.20 bits per heavy atom. The molecule has 4 nitrogen and oxygen atoms in total. The van der Waals surface area contributed by atoms with Crippen LogP contribution in [0.15, 0.2) is 11.3 Å². The van der Waals surface area contributed by atoms with Crippen molar-refractivity contribution in [1.29, 1.82) is 0 Å². The number of aliphatic carboxylic acids is 1. The van der Waals surface area contributed by atoms with Gasteiger partial charge in [0, 0.05) is 0 Å². The largest absolute Gasteiger partial charge is 0.477 e. The summed E-state index contributed by atoms with van der Waals surface area (Å²) in [4.78, 5) is 23.4. The van der Waals surface area contributed by atoms with Crippen LogP contribution in [0, 0.1) is 0 Å². The summed E-state index contributed by atoms with van der Waals surface area (Å²) in [6.45, 7) is 3.30. The summed E-state index contributed by atoms with van der Waals surface area (Å²) in [5.74, 6) is -1.44. The van der Waals surface area contributed by atoms with E-state index in [1.165, 1.54) is 4.90 Å². The number of carbonyl (C=O) groups is 2. The number of amides is 1. The van der Waals surface area contributed by atoms with Crippen molar-refractivity contribution in [2.24, 2.45) is 0 Å². The van der Waals surface area contributed by atoms with E-state index < -0.39 is 14.2 Å². The van der Waals surface area contributed by atoms with Gasteiger partial charge in [-0.3, -0.25) is 9.69 Å². The van der Waals surface area contributed by atoms with Crippen molar-refractivity contribution in [2.45, 2.75) is 22.0 Å². The molecule has 1 rings (SSSR count). The summed E-state index contributed by atoms with van der Waals surface area (Å²) >= 11 is 9.57. The van der Waals surface area contributed by atoms with Crippen LogP contribution in [0.4, 0.5) is 0 Å². The molecule has 1 heterocycles. The number of allylic oxidation sites excluding steroid dienone is 1. The van der Waals surface area contributed by atoms with Crippen molar-refractivity contribution in [3.63, 3.8) is 0 Å². The fourth-order valence-corrected chi connectivity index (χ4v) is 2.61. The third kappa shape index (κ3) is 2.01. The highest BCUT2D eigenvalue weighted by molar-refractivity contribution is 9.26. The molecule has 7 heteroatoms. The lowest BCUT2D eigenvalue weighted by Gasteiger charge is -2.47. The molecule has 0 aromatic heterocycles. The fraction of sp³-hybridized carbons (Fsp3) is 0.500. The van der Waals surface area contributed by atoms with Crippen LogP contribution >= 0.6 is 47.8 Å². The van der Waals surface area contributed by atoms with E-state index in [-0.39, 0.29) is 11.6 Å². The predicted octanol–water partition coefficient (Wildman–Crippen LogP) is 2.41. The van der Waals surface area contributed by atoms with Crippen LogP contribution in [0.25, 0.3) is 0 Å². The van der Waals surface area contributed by atoms with Gasteiger partial charge in [-0.15, -0.1) is 0 Å². The number of carboxylic acids is 1. The number of rotatable bonds is 2. The number of halogens is 3. The SMILES string of the molecule is CC(C)=C(C(=O)O)N1C(=O)C(Br)(Br)C1Br. The molecule has 1 fully saturated rings. The standard InChI is InChI=1S/C8H8Br3NO3/c1-3(2)4(5(13)14)12-6(9)8(10,11)7(12)15/h6H,1-2H3,(H,13,14). The van der Waals surface area contributed by atoms with Crippen LogP contribution in [-0.2, 0) is 9.59 Å². The molecule has 0 aliphatic carbocycles. The summed E-state index contributed by atoms with van der Waals surface area (Å²) < 4.78 is -0.907. The van der Waals surface area contributed by atoms with Gasteiger partial charge in [-0.1, -0.05) is 47.8 Å². The third-order valence-electron chi connectivity index (χ3n) is 1.95. The zero-order valence-corrected chi connectivity index (χ0v) is 12.7. The molecule has 15 heavy (non-hydrogen) atoms. The molecule has 0 saturated carbocycles. The molecule has 1 aliphatic heterocycles. The van der Waals surface area contributed by atoms with Gasteiger partial charge in [0.15, 0.2) is 3.23 Å². The molecule has 1 atom stereocenters. The van der Waals surface area contributed by atoms with Crippen molar-refractivity contribution in [3.05, 3.63) is 11.3 Å². The van der Waals surface area contributed by atoms with Crippen LogP contribution in [0.5, 0.6) is 0 Å². The zero-order valence-electron chi connectivity index (χ0n) is 7.92. The molecule has 1 saturated heterocycles. The minimum atomic E-state index is -1.11. The summed E-state index contributed by atoms with van der Waals surface area (Å²) in [7, 11) is 0. The maximum Gasteiger partial charge on any atom is 0.352 e. The van der Waals surface area contributed by atoms with E-state index in [0.717, 1.165) is 0 Å². The second-order valence-electron chi connectivity index (χ2n) is 3.29. The van der Waals surface area contributed by atoms with Crippen molar-refractivity contribution in [3.8, 4) is 0 Å². The minimum Gasteiger partial charge on any atom is -0.477 e. The molecule has 0 bridgehead atoms. The first-order valence-electron chi connectivity index (χ1n) is 3.97. The average Bonchev–Trinajstić information content (AvgIpc) is 2.11. The molecule has 1 unspecified atom stereocenters. The van der Waals surface area contributed by atoms with Gasteiger partial charge in [0.2, 0.25) is 0 Å². The molecular weight excluding hydrogens is 398 g/mol. The number of carbonyl (C=O) groups excluding carboxylic acids is 1. The van der Waals surface area contributed by atoms with Gasteiger partial charge in [0.05, 0.1) is 0 Å². The number of β-lactam (4-membered cyclic amide) rings is 1. The van der Waals surface area contributed by atoms with Gasteiger partial charge < -0.3 is 5.11 Å². The summed E-state index contributed by atoms with van der Waals surface area (Å²) in [5.41, 5.74) is 0.590. The Bertz CT molecular complexity index is 360. The topological polar surface area (TPSA) is 57.6 Å². The number of hydrogen-bond acceptors (Lipinski definition) is 2. The number of hydrogen-bond donors (Lipinski definition) is 1. The number of likely N-dealkylation sites (tertiary alicyclic amines) is 1. The van der Waals surface area contributed by atoms with Gasteiger partial charge >= 0.3 is 5.97 Å². The zero-order chi connectivity index (χ0) is 12.0. The quantitative estimate of drug-likeness (QED) is 0.332. The Morgan fingerprint density at radius 1 is 1.47 bits per heavy atom. The van der Waals surface area contributed by atoms with Gasteiger partial charge in [0.1, 0.15) is 10.6 Å². The van der Waals surface area contributed by atoms with Crippen molar-refractivity contribution >= 4 is 59.7 Å². The summed E-state index contributed by atoms with van der Waals surface area (Å²) in [6.07, 6.45) is 0. The lowest BCUT2D eigenvalue weighted by atomic mass is 10.1. The van der Waals surface area contributed by atoms with Crippen LogP contribution in [-0.4, -0.2) is 30.1 Å². The van der Waals surface area contributed by atoms with Crippen molar-refractivity contribution < 1.29 is 14.7 Å². The molecule has 0 aromatic carbocycles. The molecule has 1 aliphatic rings. The average molecular weight is 406 g/mol. The fourth-order valence-electron chi connectivity index (χ4n) is 1.23. The number of nitrogens with zero attached hydrogens (tertiary/aromatic N) is 1. The van der Waals surface area contributed by atoms with E-state index in [2.05, 4.69) is 47.8 Å². The number of carboxylic acid groups (broad SMARTS) is 1.